The van der Waals surface area contributed by atoms with Gasteiger partial charge >= 0.3 is 0 Å². The van der Waals surface area contributed by atoms with Gasteiger partial charge in [-0.25, -0.2) is 0 Å². The number of rotatable bonds is 2. The van der Waals surface area contributed by atoms with Gasteiger partial charge in [-0.1, -0.05) is 17.7 Å². The average molecular weight is 321 g/mol. The number of aryl methyl sites for hydroxylation is 1. The summed E-state index contributed by atoms with van der Waals surface area (Å²) in [6.07, 6.45) is 3.65. The minimum atomic E-state index is -0.217. The highest BCUT2D eigenvalue weighted by Gasteiger charge is 2.37. The number of anilines is 1. The lowest BCUT2D eigenvalue weighted by Gasteiger charge is -2.29. The fourth-order valence-electron chi connectivity index (χ4n) is 3.24. The molecule has 2 aliphatic heterocycles. The molecule has 2 saturated heterocycles. The maximum absolute atomic E-state index is 12.6. The molecule has 2 aliphatic rings. The van der Waals surface area contributed by atoms with Crippen LogP contribution in [0.4, 0.5) is 5.69 Å². The van der Waals surface area contributed by atoms with Crippen molar-refractivity contribution in [2.75, 3.05) is 24.5 Å². The van der Waals surface area contributed by atoms with Crippen LogP contribution in [0.15, 0.2) is 18.2 Å². The first-order valence-electron chi connectivity index (χ1n) is 7.91. The molecule has 2 amide bonds. The standard InChI is InChI=1S/C17H21ClN2O2/c1-12-5-6-14(10-15(12)18)20-11-13(9-16(20)21)17(22)19-7-3-2-4-8-19/h5-6,10,13H,2-4,7-9,11H2,1H3/t13-/m0/s1. The number of likely N-dealkylation sites (tertiary alicyclic amines) is 1. The molecule has 2 heterocycles. The molecular formula is C17H21ClN2O2. The van der Waals surface area contributed by atoms with E-state index < -0.39 is 0 Å². The summed E-state index contributed by atoms with van der Waals surface area (Å²) in [5, 5.41) is 0.649. The lowest BCUT2D eigenvalue weighted by molar-refractivity contribution is -0.136. The molecule has 0 saturated carbocycles. The van der Waals surface area contributed by atoms with Crippen molar-refractivity contribution in [3.63, 3.8) is 0 Å². The fourth-order valence-corrected chi connectivity index (χ4v) is 3.42. The number of piperidine rings is 1. The molecule has 0 bridgehead atoms. The summed E-state index contributed by atoms with van der Waals surface area (Å²) in [4.78, 5) is 28.5. The molecule has 4 nitrogen and oxygen atoms in total. The van der Waals surface area contributed by atoms with Crippen LogP contribution in [-0.4, -0.2) is 36.3 Å². The van der Waals surface area contributed by atoms with E-state index >= 15 is 0 Å². The van der Waals surface area contributed by atoms with Gasteiger partial charge in [-0.15, -0.1) is 0 Å². The first-order chi connectivity index (χ1) is 10.6. The summed E-state index contributed by atoms with van der Waals surface area (Å²) in [7, 11) is 0. The van der Waals surface area contributed by atoms with Gasteiger partial charge in [-0.2, -0.15) is 0 Å². The number of carbonyl (C=O) groups is 2. The number of nitrogens with zero attached hydrogens (tertiary/aromatic N) is 2. The van der Waals surface area contributed by atoms with E-state index in [2.05, 4.69) is 0 Å². The van der Waals surface area contributed by atoms with Gasteiger partial charge in [0.1, 0.15) is 0 Å². The molecule has 2 fully saturated rings. The third kappa shape index (κ3) is 2.98. The zero-order valence-electron chi connectivity index (χ0n) is 12.8. The van der Waals surface area contributed by atoms with Crippen LogP contribution in [0.25, 0.3) is 0 Å². The van der Waals surface area contributed by atoms with Crippen LogP contribution in [0.2, 0.25) is 5.02 Å². The van der Waals surface area contributed by atoms with Gasteiger partial charge in [-0.3, -0.25) is 9.59 Å². The van der Waals surface area contributed by atoms with E-state index in [4.69, 9.17) is 11.6 Å². The Kier molecular flexibility index (Phi) is 4.39. The Hall–Kier alpha value is -1.55. The van der Waals surface area contributed by atoms with Crippen molar-refractivity contribution < 1.29 is 9.59 Å². The number of benzene rings is 1. The van der Waals surface area contributed by atoms with Crippen LogP contribution < -0.4 is 4.90 Å². The highest BCUT2D eigenvalue weighted by atomic mass is 35.5. The van der Waals surface area contributed by atoms with Gasteiger partial charge < -0.3 is 9.80 Å². The fraction of sp³-hybridized carbons (Fsp3) is 0.529. The van der Waals surface area contributed by atoms with Crippen LogP contribution >= 0.6 is 11.6 Å². The molecule has 0 aliphatic carbocycles. The number of halogens is 1. The van der Waals surface area contributed by atoms with E-state index in [1.54, 1.807) is 4.90 Å². The maximum atomic E-state index is 12.6. The first-order valence-corrected chi connectivity index (χ1v) is 8.29. The Morgan fingerprint density at radius 3 is 2.64 bits per heavy atom. The van der Waals surface area contributed by atoms with Gasteiger partial charge in [0.25, 0.3) is 0 Å². The zero-order chi connectivity index (χ0) is 15.7. The number of carbonyl (C=O) groups excluding carboxylic acids is 2. The van der Waals surface area contributed by atoms with Gasteiger partial charge in [0.2, 0.25) is 11.8 Å². The first kappa shape index (κ1) is 15.3. The minimum absolute atomic E-state index is 0.00952. The third-order valence-electron chi connectivity index (χ3n) is 4.61. The summed E-state index contributed by atoms with van der Waals surface area (Å²) in [6.45, 7) is 4.06. The highest BCUT2D eigenvalue weighted by molar-refractivity contribution is 6.31. The maximum Gasteiger partial charge on any atom is 0.228 e. The topological polar surface area (TPSA) is 40.6 Å². The molecule has 118 valence electrons. The molecule has 3 rings (SSSR count). The quantitative estimate of drug-likeness (QED) is 0.840. The molecular weight excluding hydrogens is 300 g/mol. The molecule has 0 N–H and O–H groups in total. The summed E-state index contributed by atoms with van der Waals surface area (Å²) < 4.78 is 0. The van der Waals surface area contributed by atoms with Crippen molar-refractivity contribution >= 4 is 29.1 Å². The Labute approximate surface area is 136 Å². The predicted octanol–water partition coefficient (Wildman–Crippen LogP) is 3.01. The molecule has 1 aromatic rings. The van der Waals surface area contributed by atoms with E-state index in [1.165, 1.54) is 6.42 Å². The average Bonchev–Trinajstić information content (AvgIpc) is 2.92. The van der Waals surface area contributed by atoms with Crippen molar-refractivity contribution in [2.45, 2.75) is 32.6 Å². The molecule has 0 radical (unpaired) electrons. The van der Waals surface area contributed by atoms with Crippen LogP contribution in [0, 0.1) is 12.8 Å². The van der Waals surface area contributed by atoms with Gasteiger partial charge in [0.05, 0.1) is 5.92 Å². The number of amides is 2. The summed E-state index contributed by atoms with van der Waals surface area (Å²) >= 11 is 6.15. The summed E-state index contributed by atoms with van der Waals surface area (Å²) in [5.74, 6) is -0.0743. The van der Waals surface area contributed by atoms with E-state index in [0.717, 1.165) is 37.2 Å². The Morgan fingerprint density at radius 1 is 1.23 bits per heavy atom. The molecule has 1 atom stereocenters. The van der Waals surface area contributed by atoms with Crippen LogP contribution in [0.5, 0.6) is 0 Å². The van der Waals surface area contributed by atoms with Crippen LogP contribution in [0.3, 0.4) is 0 Å². The number of hydrogen-bond acceptors (Lipinski definition) is 2. The van der Waals surface area contributed by atoms with Gasteiger partial charge in [0, 0.05) is 36.8 Å². The normalized spacial score (nSPS) is 22.3. The largest absolute Gasteiger partial charge is 0.342 e. The van der Waals surface area contributed by atoms with Crippen molar-refractivity contribution in [3.8, 4) is 0 Å². The lowest BCUT2D eigenvalue weighted by atomic mass is 10.0. The molecule has 22 heavy (non-hydrogen) atoms. The molecule has 5 heteroatoms. The Bertz CT molecular complexity index is 596. The van der Waals surface area contributed by atoms with Crippen LogP contribution in [0.1, 0.15) is 31.2 Å². The zero-order valence-corrected chi connectivity index (χ0v) is 13.6. The van der Waals surface area contributed by atoms with Crippen molar-refractivity contribution in [3.05, 3.63) is 28.8 Å². The molecule has 0 spiro atoms. The minimum Gasteiger partial charge on any atom is -0.342 e. The molecule has 0 unspecified atom stereocenters. The van der Waals surface area contributed by atoms with Crippen molar-refractivity contribution in [1.29, 1.82) is 0 Å². The number of hydrogen-bond donors (Lipinski definition) is 0. The smallest absolute Gasteiger partial charge is 0.228 e. The second kappa shape index (κ2) is 6.29. The van der Waals surface area contributed by atoms with Gasteiger partial charge in [-0.05, 0) is 43.9 Å². The van der Waals surface area contributed by atoms with Crippen molar-refractivity contribution in [2.24, 2.45) is 5.92 Å². The Balaban J connectivity index is 1.72. The summed E-state index contributed by atoms with van der Waals surface area (Å²) in [6, 6.07) is 5.61. The van der Waals surface area contributed by atoms with Crippen molar-refractivity contribution in [1.82, 2.24) is 4.90 Å². The van der Waals surface area contributed by atoms with Gasteiger partial charge in [0.15, 0.2) is 0 Å². The van der Waals surface area contributed by atoms with E-state index in [-0.39, 0.29) is 17.7 Å². The monoisotopic (exact) mass is 320 g/mol. The van der Waals surface area contributed by atoms with Crippen LogP contribution in [-0.2, 0) is 9.59 Å². The predicted molar refractivity (Wildman–Crippen MR) is 87.1 cm³/mol. The third-order valence-corrected chi connectivity index (χ3v) is 5.02. The van der Waals surface area contributed by atoms with E-state index in [1.807, 2.05) is 30.0 Å². The molecule has 0 aromatic heterocycles. The molecule has 1 aromatic carbocycles. The second-order valence-corrected chi connectivity index (χ2v) is 6.63. The highest BCUT2D eigenvalue weighted by Crippen LogP contribution is 2.30. The van der Waals surface area contributed by atoms with E-state index in [9.17, 15) is 9.59 Å². The Morgan fingerprint density at radius 2 is 1.95 bits per heavy atom. The second-order valence-electron chi connectivity index (χ2n) is 6.22. The SMILES string of the molecule is Cc1ccc(N2C[C@@H](C(=O)N3CCCCC3)CC2=O)cc1Cl. The summed E-state index contributed by atoms with van der Waals surface area (Å²) in [5.41, 5.74) is 1.77. The lowest BCUT2D eigenvalue weighted by Crippen LogP contribution is -2.40. The van der Waals surface area contributed by atoms with E-state index in [0.29, 0.717) is 18.0 Å².